The van der Waals surface area contributed by atoms with Gasteiger partial charge < -0.3 is 19.5 Å². The average molecular weight is 557 g/mol. The second kappa shape index (κ2) is 10.9. The minimum Gasteiger partial charge on any atom is -0.445 e. The molecule has 3 saturated heterocycles. The van der Waals surface area contributed by atoms with Crippen molar-refractivity contribution < 1.29 is 27.3 Å². The van der Waals surface area contributed by atoms with E-state index in [2.05, 4.69) is 10.5 Å². The Hall–Kier alpha value is -2.92. The monoisotopic (exact) mass is 556 g/mol. The molecule has 2 bridgehead atoms. The number of benzene rings is 1. The third kappa shape index (κ3) is 5.99. The highest BCUT2D eigenvalue weighted by molar-refractivity contribution is 7.89. The zero-order chi connectivity index (χ0) is 27.0. The molecule has 1 aliphatic carbocycles. The van der Waals surface area contributed by atoms with Crippen molar-refractivity contribution in [2.45, 2.75) is 82.0 Å². The number of nitrogens with one attached hydrogen (secondary N) is 1. The molecule has 1 N–H and O–H groups in total. The van der Waals surface area contributed by atoms with Crippen LogP contribution in [0.5, 0.6) is 0 Å². The fraction of sp³-hybridized carbons (Fsp3) is 0.607. The van der Waals surface area contributed by atoms with Gasteiger partial charge in [0, 0.05) is 43.2 Å². The topological polar surface area (TPSA) is 122 Å². The number of sulfonamides is 1. The van der Waals surface area contributed by atoms with Crippen molar-refractivity contribution in [2.24, 2.45) is 5.92 Å². The first-order valence-electron chi connectivity index (χ1n) is 14.1. The summed E-state index contributed by atoms with van der Waals surface area (Å²) in [5.74, 6) is 1.03. The molecule has 4 heterocycles. The Bertz CT molecular complexity index is 1270. The molecule has 2 aromatic rings. The molecule has 2 amide bonds. The summed E-state index contributed by atoms with van der Waals surface area (Å²) < 4.78 is 39.5. The molecule has 1 saturated carbocycles. The van der Waals surface area contributed by atoms with Crippen LogP contribution in [0.4, 0.5) is 4.79 Å². The van der Waals surface area contributed by atoms with E-state index in [1.807, 2.05) is 30.3 Å². The number of fused-ring (bicyclic) bond motifs is 2. The molecule has 3 aliphatic heterocycles. The molecular formula is C28H36N4O6S. The highest BCUT2D eigenvalue weighted by atomic mass is 32.2. The number of rotatable bonds is 8. The maximum atomic E-state index is 13.5. The zero-order valence-corrected chi connectivity index (χ0v) is 22.9. The SMILES string of the molecule is O=C(N[C@@H]1C[C@H]2CC[C@@H](C1)N2S(=O)(=O)CC1CCN(C(=O)OCc2ccccc2)CC1)c1cc(C2CC2)on1. The van der Waals surface area contributed by atoms with Gasteiger partial charge in [-0.2, -0.15) is 4.31 Å². The van der Waals surface area contributed by atoms with Crippen LogP contribution in [0.3, 0.4) is 0 Å². The van der Waals surface area contributed by atoms with Gasteiger partial charge in [0.05, 0.1) is 5.75 Å². The molecule has 4 fully saturated rings. The standard InChI is InChI=1S/C28H36N4O6S/c33-27(25-16-26(38-30-25)21-6-7-21)29-22-14-23-8-9-24(15-22)32(23)39(35,36)18-20-10-12-31(13-11-20)28(34)37-17-19-4-2-1-3-5-19/h1-5,16,20-24H,6-15,17-18H2,(H,29,33)/t22-,23-,24+. The largest absolute Gasteiger partial charge is 0.445 e. The minimum absolute atomic E-state index is 0.0119. The fourth-order valence-corrected chi connectivity index (χ4v) is 8.79. The lowest BCUT2D eigenvalue weighted by atomic mass is 9.99. The summed E-state index contributed by atoms with van der Waals surface area (Å²) in [6, 6.07) is 11.0. The van der Waals surface area contributed by atoms with Gasteiger partial charge in [-0.25, -0.2) is 13.2 Å². The Morgan fingerprint density at radius 1 is 1.00 bits per heavy atom. The van der Waals surface area contributed by atoms with E-state index in [9.17, 15) is 18.0 Å². The molecule has 0 radical (unpaired) electrons. The summed E-state index contributed by atoms with van der Waals surface area (Å²) in [4.78, 5) is 26.9. The second-order valence-corrected chi connectivity index (χ2v) is 13.4. The van der Waals surface area contributed by atoms with Crippen molar-refractivity contribution in [2.75, 3.05) is 18.8 Å². The van der Waals surface area contributed by atoms with E-state index in [1.165, 1.54) is 0 Å². The number of ether oxygens (including phenoxy) is 1. The van der Waals surface area contributed by atoms with E-state index >= 15 is 0 Å². The molecule has 1 aromatic carbocycles. The molecule has 10 nitrogen and oxygen atoms in total. The van der Waals surface area contributed by atoms with Crippen LogP contribution in [-0.2, 0) is 21.4 Å². The Morgan fingerprint density at radius 2 is 1.69 bits per heavy atom. The lowest BCUT2D eigenvalue weighted by Crippen LogP contribution is -2.53. The van der Waals surface area contributed by atoms with Crippen LogP contribution >= 0.6 is 0 Å². The highest BCUT2D eigenvalue weighted by Gasteiger charge is 2.47. The highest BCUT2D eigenvalue weighted by Crippen LogP contribution is 2.41. The van der Waals surface area contributed by atoms with E-state index in [-0.39, 0.29) is 48.4 Å². The van der Waals surface area contributed by atoms with Crippen LogP contribution in [0.15, 0.2) is 40.9 Å². The van der Waals surface area contributed by atoms with Crippen LogP contribution in [0.25, 0.3) is 0 Å². The van der Waals surface area contributed by atoms with Gasteiger partial charge in [-0.3, -0.25) is 4.79 Å². The predicted octanol–water partition coefficient (Wildman–Crippen LogP) is 3.66. The number of nitrogens with zero attached hydrogens (tertiary/aromatic N) is 3. The lowest BCUT2D eigenvalue weighted by molar-refractivity contribution is 0.0838. The molecule has 6 rings (SSSR count). The van der Waals surface area contributed by atoms with Crippen molar-refractivity contribution in [3.63, 3.8) is 0 Å². The maximum absolute atomic E-state index is 13.5. The number of piperidine rings is 2. The normalized spacial score (nSPS) is 25.9. The molecule has 11 heteroatoms. The summed E-state index contributed by atoms with van der Waals surface area (Å²) in [5, 5.41) is 7.00. The molecule has 3 atom stereocenters. The Morgan fingerprint density at radius 3 is 2.36 bits per heavy atom. The van der Waals surface area contributed by atoms with Crippen LogP contribution in [-0.4, -0.2) is 71.7 Å². The van der Waals surface area contributed by atoms with Gasteiger partial charge in [0.2, 0.25) is 10.0 Å². The van der Waals surface area contributed by atoms with Crippen molar-refractivity contribution in [1.29, 1.82) is 0 Å². The quantitative estimate of drug-likeness (QED) is 0.527. The Kier molecular flexibility index (Phi) is 7.37. The van der Waals surface area contributed by atoms with Crippen LogP contribution in [0, 0.1) is 5.92 Å². The molecule has 0 spiro atoms. The van der Waals surface area contributed by atoms with Gasteiger partial charge in [0.15, 0.2) is 5.69 Å². The van der Waals surface area contributed by atoms with E-state index in [1.54, 1.807) is 15.3 Å². The smallest absolute Gasteiger partial charge is 0.410 e. The Labute approximate surface area is 229 Å². The number of carbonyl (C=O) groups is 2. The number of amides is 2. The number of likely N-dealkylation sites (tertiary alicyclic amines) is 1. The van der Waals surface area contributed by atoms with E-state index in [4.69, 9.17) is 9.26 Å². The van der Waals surface area contributed by atoms with Crippen LogP contribution in [0.1, 0.15) is 79.1 Å². The lowest BCUT2D eigenvalue weighted by Gasteiger charge is -2.39. The number of aromatic nitrogens is 1. The molecule has 0 unspecified atom stereocenters. The fourth-order valence-electron chi connectivity index (χ4n) is 6.40. The molecule has 4 aliphatic rings. The molecule has 1 aromatic heterocycles. The van der Waals surface area contributed by atoms with Crippen LogP contribution < -0.4 is 5.32 Å². The van der Waals surface area contributed by atoms with Crippen molar-refractivity contribution in [3.8, 4) is 0 Å². The maximum Gasteiger partial charge on any atom is 0.410 e. The number of hydrogen-bond acceptors (Lipinski definition) is 7. The van der Waals surface area contributed by atoms with Gasteiger partial charge in [-0.1, -0.05) is 35.5 Å². The minimum atomic E-state index is -3.45. The first-order chi connectivity index (χ1) is 18.9. The van der Waals surface area contributed by atoms with Crippen LogP contribution in [0.2, 0.25) is 0 Å². The van der Waals surface area contributed by atoms with Gasteiger partial charge in [-0.15, -0.1) is 0 Å². The first-order valence-corrected chi connectivity index (χ1v) is 15.7. The molecule has 39 heavy (non-hydrogen) atoms. The summed E-state index contributed by atoms with van der Waals surface area (Å²) in [5.41, 5.74) is 1.24. The summed E-state index contributed by atoms with van der Waals surface area (Å²) in [6.07, 6.45) is 5.94. The van der Waals surface area contributed by atoms with Crippen molar-refractivity contribution >= 4 is 22.0 Å². The molecular weight excluding hydrogens is 520 g/mol. The van der Waals surface area contributed by atoms with Crippen molar-refractivity contribution in [3.05, 3.63) is 53.4 Å². The third-order valence-corrected chi connectivity index (χ3v) is 10.7. The summed E-state index contributed by atoms with van der Waals surface area (Å²) in [6.45, 7) is 1.23. The third-order valence-electron chi connectivity index (χ3n) is 8.59. The second-order valence-electron chi connectivity index (χ2n) is 11.5. The van der Waals surface area contributed by atoms with Gasteiger partial charge in [-0.05, 0) is 62.8 Å². The van der Waals surface area contributed by atoms with E-state index < -0.39 is 10.0 Å². The number of carbonyl (C=O) groups excluding carboxylic acids is 2. The van der Waals surface area contributed by atoms with Gasteiger partial charge in [0.1, 0.15) is 12.4 Å². The summed E-state index contributed by atoms with van der Waals surface area (Å²) >= 11 is 0. The Balaban J connectivity index is 0.978. The average Bonchev–Trinajstić information content (AvgIpc) is 3.58. The summed E-state index contributed by atoms with van der Waals surface area (Å²) in [7, 11) is -3.45. The van der Waals surface area contributed by atoms with Gasteiger partial charge >= 0.3 is 6.09 Å². The van der Waals surface area contributed by atoms with E-state index in [0.29, 0.717) is 50.4 Å². The van der Waals surface area contributed by atoms with E-state index in [0.717, 1.165) is 37.0 Å². The van der Waals surface area contributed by atoms with Crippen molar-refractivity contribution in [1.82, 2.24) is 19.7 Å². The number of hydrogen-bond donors (Lipinski definition) is 1. The first kappa shape index (κ1) is 26.3. The zero-order valence-electron chi connectivity index (χ0n) is 22.0. The predicted molar refractivity (Wildman–Crippen MR) is 142 cm³/mol. The van der Waals surface area contributed by atoms with Gasteiger partial charge in [0.25, 0.3) is 5.91 Å². The molecule has 210 valence electrons.